The maximum Gasteiger partial charge on any atom is 0.339 e. The molecule has 0 aliphatic rings. The summed E-state index contributed by atoms with van der Waals surface area (Å²) < 4.78 is 60.4. The minimum absolute atomic E-state index is 0. The summed E-state index contributed by atoms with van der Waals surface area (Å²) in [6.07, 6.45) is 0. The van der Waals surface area contributed by atoms with Gasteiger partial charge in [0, 0.05) is 98.8 Å². The summed E-state index contributed by atoms with van der Waals surface area (Å²) in [5, 5.41) is 8.31. The second-order valence-electron chi connectivity index (χ2n) is 20.2. The van der Waals surface area contributed by atoms with Gasteiger partial charge in [-0.2, -0.15) is 8.42 Å². The quantitative estimate of drug-likeness (QED) is 0.0963. The fourth-order valence-corrected chi connectivity index (χ4v) is 11.6. The summed E-state index contributed by atoms with van der Waals surface area (Å²) >= 11 is 0. The summed E-state index contributed by atoms with van der Waals surface area (Å²) in [7, 11) is 4.79. The number of rotatable bonds is 13. The van der Waals surface area contributed by atoms with Gasteiger partial charge < -0.3 is 47.7 Å². The number of benzene rings is 10. The number of H-pyrrole nitrogens is 3. The predicted molar refractivity (Wildman–Crippen MR) is 336 cm³/mol. The van der Waals surface area contributed by atoms with Crippen molar-refractivity contribution in [2.75, 3.05) is 40.3 Å². The number of anilines is 1. The maximum absolute atomic E-state index is 13.4. The van der Waals surface area contributed by atoms with Crippen LogP contribution in [0.1, 0.15) is 35.2 Å². The molecule has 82 heavy (non-hydrogen) atoms. The topological polar surface area (TPSA) is 140 Å². The van der Waals surface area contributed by atoms with Crippen molar-refractivity contribution in [3.63, 3.8) is 0 Å². The van der Waals surface area contributed by atoms with E-state index in [0.717, 1.165) is 100 Å². The second kappa shape index (κ2) is 23.6. The third-order valence-corrected chi connectivity index (χ3v) is 16.0. The van der Waals surface area contributed by atoms with Gasteiger partial charge in [-0.15, -0.1) is 0 Å². The molecule has 0 saturated carbocycles. The first-order valence-corrected chi connectivity index (χ1v) is 28.0. The van der Waals surface area contributed by atoms with E-state index in [4.69, 9.17) is 27.9 Å². The van der Waals surface area contributed by atoms with Gasteiger partial charge in [-0.1, -0.05) is 92.4 Å². The van der Waals surface area contributed by atoms with Crippen molar-refractivity contribution in [2.24, 2.45) is 0 Å². The Morgan fingerprint density at radius 1 is 0.415 bits per heavy atom. The largest absolute Gasteiger partial charge is 0.497 e. The highest BCUT2D eigenvalue weighted by atomic mass is 32.2. The Morgan fingerprint density at radius 3 is 1.40 bits per heavy atom. The highest BCUT2D eigenvalue weighted by molar-refractivity contribution is 7.87. The van der Waals surface area contributed by atoms with Crippen LogP contribution in [0, 0.1) is 20.8 Å². The number of ether oxygens (including phenoxy) is 5. The number of fused-ring (bicyclic) bond motifs is 10. The minimum atomic E-state index is -4.07. The molecular formula is C69H66N4O8S. The number of aromatic nitrogens is 3. The summed E-state index contributed by atoms with van der Waals surface area (Å²) in [4.78, 5) is 12.4. The molecule has 0 amide bonds. The van der Waals surface area contributed by atoms with Gasteiger partial charge in [0.2, 0.25) is 0 Å². The van der Waals surface area contributed by atoms with Gasteiger partial charge in [-0.25, -0.2) is 0 Å². The molecule has 3 N–H and O–H groups in total. The number of aryl methyl sites for hydroxylation is 3. The molecule has 0 bridgehead atoms. The molecule has 3 heterocycles. The molecule has 0 aliphatic carbocycles. The van der Waals surface area contributed by atoms with Gasteiger partial charge in [-0.3, -0.25) is 0 Å². The first-order valence-electron chi connectivity index (χ1n) is 26.5. The molecule has 3 aromatic heterocycles. The highest BCUT2D eigenvalue weighted by Crippen LogP contribution is 2.38. The lowest BCUT2D eigenvalue weighted by Crippen LogP contribution is -2.12. The van der Waals surface area contributed by atoms with Crippen LogP contribution in [0.3, 0.4) is 0 Å². The van der Waals surface area contributed by atoms with Crippen molar-refractivity contribution in [2.45, 2.75) is 46.3 Å². The van der Waals surface area contributed by atoms with Gasteiger partial charge in [0.15, 0.2) is 0 Å². The molecule has 0 aliphatic heterocycles. The van der Waals surface area contributed by atoms with Gasteiger partial charge in [0.05, 0.1) is 54.4 Å². The number of nitrogens with one attached hydrogen (secondary N) is 3. The Kier molecular flexibility index (Phi) is 16.1. The molecule has 12 nitrogen and oxygen atoms in total. The third-order valence-electron chi connectivity index (χ3n) is 14.7. The highest BCUT2D eigenvalue weighted by Gasteiger charge is 2.23. The van der Waals surface area contributed by atoms with E-state index in [-0.39, 0.29) is 12.3 Å². The van der Waals surface area contributed by atoms with Crippen LogP contribution in [-0.4, -0.2) is 58.8 Å². The third kappa shape index (κ3) is 11.3. The molecule has 0 saturated heterocycles. The van der Waals surface area contributed by atoms with E-state index in [1.807, 2.05) is 129 Å². The molecule has 13 aromatic rings. The van der Waals surface area contributed by atoms with Crippen LogP contribution in [0.15, 0.2) is 193 Å². The zero-order chi connectivity index (χ0) is 56.4. The molecular weight excluding hydrogens is 1040 g/mol. The number of nitrogens with zero attached hydrogens (tertiary/aromatic N) is 1. The SMILES string of the molecule is C.COc1ccc2c(c1)[nH]c1c(C)c(OCc3ccccc3)ccc12.COc1ccc2c(c1)[nH]c1cc(OCc3ccccc3)c(C)cc12.COc1ccc2c(c1)[nH]c1cc(OS(=O)(=O)c3cccc4c(N(C)C)cccc34)c(C)cc12. The summed E-state index contributed by atoms with van der Waals surface area (Å²) in [5.41, 5.74) is 12.3. The van der Waals surface area contributed by atoms with Crippen molar-refractivity contribution < 1.29 is 36.3 Å². The fourth-order valence-electron chi connectivity index (χ4n) is 10.4. The number of hydrogen-bond acceptors (Lipinski definition) is 9. The number of aromatic amines is 3. The Morgan fingerprint density at radius 2 is 0.866 bits per heavy atom. The minimum Gasteiger partial charge on any atom is -0.497 e. The van der Waals surface area contributed by atoms with Crippen molar-refractivity contribution in [1.29, 1.82) is 0 Å². The van der Waals surface area contributed by atoms with Crippen LogP contribution in [0.4, 0.5) is 5.69 Å². The maximum atomic E-state index is 13.4. The van der Waals surface area contributed by atoms with E-state index in [0.29, 0.717) is 24.3 Å². The van der Waals surface area contributed by atoms with E-state index in [1.54, 1.807) is 45.6 Å². The summed E-state index contributed by atoms with van der Waals surface area (Å²) in [6, 6.07) is 61.4. The molecule has 0 fully saturated rings. The van der Waals surface area contributed by atoms with E-state index < -0.39 is 10.1 Å². The fraction of sp³-hybridized carbons (Fsp3) is 0.159. The molecule has 13 rings (SSSR count). The number of hydrogen-bond donors (Lipinski definition) is 3. The van der Waals surface area contributed by atoms with Crippen molar-refractivity contribution in [3.8, 4) is 34.5 Å². The Hall–Kier alpha value is -9.59. The smallest absolute Gasteiger partial charge is 0.339 e. The lowest BCUT2D eigenvalue weighted by Gasteiger charge is -2.17. The molecule has 13 heteroatoms. The first kappa shape index (κ1) is 55.7. The predicted octanol–water partition coefficient (Wildman–Crippen LogP) is 16.7. The summed E-state index contributed by atoms with van der Waals surface area (Å²) in [5.74, 6) is 4.56. The van der Waals surface area contributed by atoms with Gasteiger partial charge in [-0.05, 0) is 116 Å². The Labute approximate surface area is 477 Å². The molecule has 0 atom stereocenters. The Bertz CT molecular complexity index is 4500. The van der Waals surface area contributed by atoms with Crippen molar-refractivity contribution in [1.82, 2.24) is 15.0 Å². The molecule has 10 aromatic carbocycles. The van der Waals surface area contributed by atoms with Gasteiger partial charge >= 0.3 is 10.1 Å². The number of methoxy groups -OCH3 is 3. The average molecular weight is 1110 g/mol. The average Bonchev–Trinajstić information content (AvgIpc) is 3.09. The molecule has 0 unspecified atom stereocenters. The monoisotopic (exact) mass is 1110 g/mol. The van der Waals surface area contributed by atoms with Crippen molar-refractivity contribution in [3.05, 3.63) is 216 Å². The molecule has 416 valence electrons. The summed E-state index contributed by atoms with van der Waals surface area (Å²) in [6.45, 7) is 7.17. The van der Waals surface area contributed by atoms with Crippen LogP contribution in [0.5, 0.6) is 34.5 Å². The standard InChI is InChI=1S/C26H24N2O4S.2C21H19NO2.CH4/c1-16-13-21-18-12-11-17(31-4)14-22(18)27-23(21)15-25(16)32-33(29,30)26-10-6-7-19-20(26)8-5-9-24(19)28(2)3;1-14-10-18-17-9-8-16(23-2)11-19(17)22-20(18)12-21(14)24-13-15-6-4-3-5-7-15;1-14-20(24-13-15-6-4-3-5-7-15)11-10-18-17-9-8-16(23-2)12-19(17)22-21(14)18;/h5-15,27H,1-4H3;2*3-12,22H,13H2,1-2H3;1H4. The van der Waals surface area contributed by atoms with Crippen LogP contribution >= 0.6 is 0 Å². The van der Waals surface area contributed by atoms with Gasteiger partial charge in [0.25, 0.3) is 0 Å². The molecule has 0 radical (unpaired) electrons. The van der Waals surface area contributed by atoms with Crippen molar-refractivity contribution >= 4 is 92.0 Å². The zero-order valence-electron chi connectivity index (χ0n) is 46.4. The lowest BCUT2D eigenvalue weighted by molar-refractivity contribution is 0.304. The lowest BCUT2D eigenvalue weighted by atomic mass is 10.1. The van der Waals surface area contributed by atoms with E-state index >= 15 is 0 Å². The molecule has 0 spiro atoms. The van der Waals surface area contributed by atoms with Crippen LogP contribution < -0.4 is 32.8 Å². The normalized spacial score (nSPS) is 11.3. The van der Waals surface area contributed by atoms with E-state index in [9.17, 15) is 8.42 Å². The van der Waals surface area contributed by atoms with Gasteiger partial charge in [0.1, 0.15) is 52.6 Å². The Balaban J connectivity index is 0.000000139. The zero-order valence-corrected chi connectivity index (χ0v) is 47.3. The van der Waals surface area contributed by atoms with E-state index in [2.05, 4.69) is 89.5 Å². The van der Waals surface area contributed by atoms with E-state index in [1.165, 1.54) is 32.7 Å². The second-order valence-corrected chi connectivity index (χ2v) is 21.7. The van der Waals surface area contributed by atoms with Crippen LogP contribution in [-0.2, 0) is 23.3 Å². The van der Waals surface area contributed by atoms with Crippen LogP contribution in [0.25, 0.3) is 76.2 Å². The van der Waals surface area contributed by atoms with Crippen LogP contribution in [0.2, 0.25) is 0 Å². The first-order chi connectivity index (χ1) is 39.3.